The molecule has 0 aliphatic carbocycles. The van der Waals surface area contributed by atoms with Crippen molar-refractivity contribution in [3.05, 3.63) is 34.3 Å². The van der Waals surface area contributed by atoms with E-state index in [0.717, 1.165) is 17.1 Å². The van der Waals surface area contributed by atoms with Crippen LogP contribution in [-0.4, -0.2) is 18.0 Å². The van der Waals surface area contributed by atoms with Crippen molar-refractivity contribution in [2.75, 3.05) is 13.1 Å². The lowest BCUT2D eigenvalue weighted by atomic mass is 9.85. The number of nitrogens with two attached hydrogens (primary N) is 1. The smallest absolute Gasteiger partial charge is 0.0454 e. The summed E-state index contributed by atoms with van der Waals surface area (Å²) in [5, 5.41) is 0.853. The highest BCUT2D eigenvalue weighted by Crippen LogP contribution is 2.30. The minimum absolute atomic E-state index is 0.488. The van der Waals surface area contributed by atoms with E-state index in [0.29, 0.717) is 12.0 Å². The number of halogens is 1. The molecule has 0 amide bonds. The lowest BCUT2D eigenvalue weighted by molar-refractivity contribution is 0.256. The molecule has 2 N–H and O–H groups in total. The number of rotatable bonds is 3. The van der Waals surface area contributed by atoms with Crippen LogP contribution < -0.4 is 5.73 Å². The van der Waals surface area contributed by atoms with Crippen LogP contribution in [0.2, 0.25) is 5.02 Å². The molecule has 2 nitrogen and oxygen atoms in total. The van der Waals surface area contributed by atoms with Crippen molar-refractivity contribution in [1.29, 1.82) is 0 Å². The molecule has 0 aromatic heterocycles. The lowest BCUT2D eigenvalue weighted by Gasteiger charge is -2.23. The van der Waals surface area contributed by atoms with Crippen molar-refractivity contribution >= 4 is 11.6 Å². The maximum atomic E-state index is 6.34. The topological polar surface area (TPSA) is 29.3 Å². The van der Waals surface area contributed by atoms with Crippen LogP contribution in [0.25, 0.3) is 0 Å². The molecule has 19 heavy (non-hydrogen) atoms. The molecule has 0 radical (unpaired) electrons. The minimum Gasteiger partial charge on any atom is -0.326 e. The van der Waals surface area contributed by atoms with Gasteiger partial charge in [0.1, 0.15) is 0 Å². The highest BCUT2D eigenvalue weighted by Gasteiger charge is 2.23. The van der Waals surface area contributed by atoms with Crippen LogP contribution in [0.3, 0.4) is 0 Å². The first-order valence-electron chi connectivity index (χ1n) is 7.20. The van der Waals surface area contributed by atoms with Crippen LogP contribution in [0.5, 0.6) is 0 Å². The van der Waals surface area contributed by atoms with Gasteiger partial charge in [0.05, 0.1) is 0 Å². The molecule has 3 heteroatoms. The maximum Gasteiger partial charge on any atom is 0.0454 e. The molecular weight excluding hydrogens is 256 g/mol. The second kappa shape index (κ2) is 6.25. The normalized spacial score (nSPS) is 20.2. The Morgan fingerprint density at radius 2 is 2.05 bits per heavy atom. The van der Waals surface area contributed by atoms with Crippen molar-refractivity contribution in [3.8, 4) is 0 Å². The first-order chi connectivity index (χ1) is 9.00. The summed E-state index contributed by atoms with van der Waals surface area (Å²) in [6, 6.07) is 6.21. The van der Waals surface area contributed by atoms with Crippen LogP contribution in [0, 0.1) is 5.41 Å². The molecule has 1 heterocycles. The van der Waals surface area contributed by atoms with E-state index < -0.39 is 0 Å². The minimum atomic E-state index is 0.488. The third kappa shape index (κ3) is 4.20. The third-order valence-electron chi connectivity index (χ3n) is 4.18. The van der Waals surface area contributed by atoms with Crippen LogP contribution in [-0.2, 0) is 13.1 Å². The van der Waals surface area contributed by atoms with Crippen LogP contribution in [0.4, 0.5) is 0 Å². The fourth-order valence-electron chi connectivity index (χ4n) is 2.72. The molecule has 1 fully saturated rings. The molecule has 0 atom stereocenters. The van der Waals surface area contributed by atoms with Gasteiger partial charge < -0.3 is 5.73 Å². The predicted molar refractivity (Wildman–Crippen MR) is 82.3 cm³/mol. The van der Waals surface area contributed by atoms with Gasteiger partial charge in [0.15, 0.2) is 0 Å². The van der Waals surface area contributed by atoms with Crippen molar-refractivity contribution in [2.24, 2.45) is 11.1 Å². The first-order valence-corrected chi connectivity index (χ1v) is 7.58. The summed E-state index contributed by atoms with van der Waals surface area (Å²) >= 11 is 6.34. The number of benzene rings is 1. The van der Waals surface area contributed by atoms with Crippen LogP contribution in [0.15, 0.2) is 18.2 Å². The van der Waals surface area contributed by atoms with Gasteiger partial charge in [-0.3, -0.25) is 4.90 Å². The summed E-state index contributed by atoms with van der Waals surface area (Å²) in [6.07, 6.45) is 3.88. The average Bonchev–Trinajstić information content (AvgIpc) is 2.53. The Labute approximate surface area is 121 Å². The summed E-state index contributed by atoms with van der Waals surface area (Å²) < 4.78 is 0. The SMILES string of the molecule is CC1(C)CCCN(Cc2ccc(CN)cc2Cl)CC1. The zero-order valence-electron chi connectivity index (χ0n) is 12.1. The molecular formula is C16H25ClN2. The van der Waals surface area contributed by atoms with E-state index in [1.54, 1.807) is 0 Å². The predicted octanol–water partition coefficient (Wildman–Crippen LogP) is 3.81. The average molecular weight is 281 g/mol. The first kappa shape index (κ1) is 14.8. The Balaban J connectivity index is 2.01. The van der Waals surface area contributed by atoms with E-state index in [1.165, 1.54) is 37.9 Å². The summed E-state index contributed by atoms with van der Waals surface area (Å²) in [5.41, 5.74) is 8.45. The highest BCUT2D eigenvalue weighted by molar-refractivity contribution is 6.31. The number of likely N-dealkylation sites (tertiary alicyclic amines) is 1. The quantitative estimate of drug-likeness (QED) is 0.912. The molecule has 0 unspecified atom stereocenters. The van der Waals surface area contributed by atoms with Gasteiger partial charge >= 0.3 is 0 Å². The summed E-state index contributed by atoms with van der Waals surface area (Å²) in [5.74, 6) is 0. The van der Waals surface area contributed by atoms with Crippen LogP contribution >= 0.6 is 11.6 Å². The number of hydrogen-bond donors (Lipinski definition) is 1. The number of hydrogen-bond acceptors (Lipinski definition) is 2. The summed E-state index contributed by atoms with van der Waals surface area (Å²) in [6.45, 7) is 8.61. The monoisotopic (exact) mass is 280 g/mol. The van der Waals surface area contributed by atoms with Gasteiger partial charge in [-0.25, -0.2) is 0 Å². The second-order valence-corrected chi connectivity index (χ2v) is 6.83. The third-order valence-corrected chi connectivity index (χ3v) is 4.53. The maximum absolute atomic E-state index is 6.34. The molecule has 1 aromatic carbocycles. The van der Waals surface area contributed by atoms with Gasteiger partial charge in [0.25, 0.3) is 0 Å². The molecule has 1 aromatic rings. The number of nitrogens with zero attached hydrogens (tertiary/aromatic N) is 1. The van der Waals surface area contributed by atoms with Crippen molar-refractivity contribution in [1.82, 2.24) is 4.90 Å². The van der Waals surface area contributed by atoms with Crippen LogP contribution in [0.1, 0.15) is 44.2 Å². The van der Waals surface area contributed by atoms with Gasteiger partial charge in [-0.2, -0.15) is 0 Å². The molecule has 2 rings (SSSR count). The molecule has 1 aliphatic heterocycles. The molecule has 106 valence electrons. The molecule has 1 saturated heterocycles. The van der Waals surface area contributed by atoms with Crippen molar-refractivity contribution in [2.45, 2.75) is 46.2 Å². The Morgan fingerprint density at radius 3 is 2.74 bits per heavy atom. The Hall–Kier alpha value is -0.570. The fourth-order valence-corrected chi connectivity index (χ4v) is 2.99. The van der Waals surface area contributed by atoms with Gasteiger partial charge in [0.2, 0.25) is 0 Å². The summed E-state index contributed by atoms with van der Waals surface area (Å²) in [4.78, 5) is 2.53. The van der Waals surface area contributed by atoms with E-state index in [4.69, 9.17) is 17.3 Å². The molecule has 1 aliphatic rings. The molecule has 0 saturated carbocycles. The van der Waals surface area contributed by atoms with E-state index in [-0.39, 0.29) is 0 Å². The van der Waals surface area contributed by atoms with E-state index in [2.05, 4.69) is 30.9 Å². The van der Waals surface area contributed by atoms with Gasteiger partial charge in [-0.15, -0.1) is 0 Å². The molecule has 0 bridgehead atoms. The largest absolute Gasteiger partial charge is 0.326 e. The van der Waals surface area contributed by atoms with Gasteiger partial charge in [0, 0.05) is 18.1 Å². The fraction of sp³-hybridized carbons (Fsp3) is 0.625. The zero-order chi connectivity index (χ0) is 13.9. The van der Waals surface area contributed by atoms with E-state index >= 15 is 0 Å². The second-order valence-electron chi connectivity index (χ2n) is 6.42. The summed E-state index contributed by atoms with van der Waals surface area (Å²) in [7, 11) is 0. The Bertz CT molecular complexity index is 429. The van der Waals surface area contributed by atoms with E-state index in [1.807, 2.05) is 6.07 Å². The van der Waals surface area contributed by atoms with E-state index in [9.17, 15) is 0 Å². The standard InChI is InChI=1S/C16H25ClN2/c1-16(2)6-3-8-19(9-7-16)12-14-5-4-13(11-18)10-15(14)17/h4-5,10H,3,6-9,11-12,18H2,1-2H3. The van der Waals surface area contributed by atoms with Gasteiger partial charge in [-0.05, 0) is 55.0 Å². The van der Waals surface area contributed by atoms with Crippen molar-refractivity contribution < 1.29 is 0 Å². The Kier molecular flexibility index (Phi) is 4.88. The highest BCUT2D eigenvalue weighted by atomic mass is 35.5. The molecule has 0 spiro atoms. The van der Waals surface area contributed by atoms with Crippen molar-refractivity contribution in [3.63, 3.8) is 0 Å². The Morgan fingerprint density at radius 1 is 1.26 bits per heavy atom. The zero-order valence-corrected chi connectivity index (χ0v) is 12.8. The van der Waals surface area contributed by atoms with Gasteiger partial charge in [-0.1, -0.05) is 37.6 Å². The lowest BCUT2D eigenvalue weighted by Crippen LogP contribution is -2.25.